The van der Waals surface area contributed by atoms with E-state index in [0.717, 1.165) is 11.4 Å². The van der Waals surface area contributed by atoms with Crippen LogP contribution >= 0.6 is 0 Å². The van der Waals surface area contributed by atoms with Gasteiger partial charge in [-0.1, -0.05) is 18.2 Å². The second kappa shape index (κ2) is 6.52. The molecule has 2 amide bonds. The van der Waals surface area contributed by atoms with Gasteiger partial charge in [-0.3, -0.25) is 9.59 Å². The van der Waals surface area contributed by atoms with Gasteiger partial charge in [-0.2, -0.15) is 0 Å². The third kappa shape index (κ3) is 3.34. The summed E-state index contributed by atoms with van der Waals surface area (Å²) in [6, 6.07) is 16.2. The lowest BCUT2D eigenvalue weighted by Crippen LogP contribution is -2.37. The highest BCUT2D eigenvalue weighted by Crippen LogP contribution is 2.24. The third-order valence-corrected chi connectivity index (χ3v) is 3.88. The van der Waals surface area contributed by atoms with Crippen molar-refractivity contribution < 1.29 is 14.3 Å². The Morgan fingerprint density at radius 2 is 1.83 bits per heavy atom. The number of ether oxygens (including phenoxy) is 1. The highest BCUT2D eigenvalue weighted by molar-refractivity contribution is 5.98. The van der Waals surface area contributed by atoms with Crippen molar-refractivity contribution in [2.45, 2.75) is 12.5 Å². The summed E-state index contributed by atoms with van der Waals surface area (Å²) >= 11 is 0. The molecule has 1 aliphatic rings. The van der Waals surface area contributed by atoms with Crippen molar-refractivity contribution in [1.82, 2.24) is 5.32 Å². The van der Waals surface area contributed by atoms with E-state index in [4.69, 9.17) is 4.74 Å². The summed E-state index contributed by atoms with van der Waals surface area (Å²) in [7, 11) is 1.60. The van der Waals surface area contributed by atoms with E-state index in [1.807, 2.05) is 42.5 Å². The molecule has 0 aliphatic carbocycles. The average molecular weight is 310 g/mol. The number of nitrogens with zero attached hydrogens (tertiary/aromatic N) is 1. The van der Waals surface area contributed by atoms with Gasteiger partial charge in [0, 0.05) is 24.2 Å². The summed E-state index contributed by atoms with van der Waals surface area (Å²) in [5, 5.41) is 2.92. The first-order valence-corrected chi connectivity index (χ1v) is 7.47. The van der Waals surface area contributed by atoms with Crippen LogP contribution in [0.1, 0.15) is 16.8 Å². The summed E-state index contributed by atoms with van der Waals surface area (Å²) in [5.74, 6) is 0.600. The van der Waals surface area contributed by atoms with E-state index in [1.54, 1.807) is 24.1 Å². The first-order chi connectivity index (χ1) is 11.2. The Bertz CT molecular complexity index is 698. The number of amides is 2. The van der Waals surface area contributed by atoms with Crippen molar-refractivity contribution >= 4 is 17.5 Å². The maximum absolute atomic E-state index is 12.2. The molecular formula is C18H18N2O3. The molecule has 1 N–H and O–H groups in total. The normalized spacial score (nSPS) is 17.2. The zero-order valence-electron chi connectivity index (χ0n) is 12.9. The third-order valence-electron chi connectivity index (χ3n) is 3.88. The number of nitrogens with one attached hydrogen (secondary N) is 1. The maximum atomic E-state index is 12.2. The summed E-state index contributed by atoms with van der Waals surface area (Å²) in [6.07, 6.45) is 0.310. The lowest BCUT2D eigenvalue weighted by atomic mass is 10.2. The van der Waals surface area contributed by atoms with E-state index in [9.17, 15) is 9.59 Å². The maximum Gasteiger partial charge on any atom is 0.251 e. The molecule has 1 atom stereocenters. The van der Waals surface area contributed by atoms with Gasteiger partial charge in [0.05, 0.1) is 13.2 Å². The lowest BCUT2D eigenvalue weighted by molar-refractivity contribution is -0.117. The van der Waals surface area contributed by atoms with Crippen LogP contribution in [0.2, 0.25) is 0 Å². The zero-order valence-corrected chi connectivity index (χ0v) is 12.9. The molecule has 5 nitrogen and oxygen atoms in total. The van der Waals surface area contributed by atoms with Gasteiger partial charge in [-0.05, 0) is 36.4 Å². The highest BCUT2D eigenvalue weighted by atomic mass is 16.5. The molecule has 1 unspecified atom stereocenters. The van der Waals surface area contributed by atoms with E-state index in [1.165, 1.54) is 0 Å². The molecule has 1 saturated heterocycles. The lowest BCUT2D eigenvalue weighted by Gasteiger charge is -2.17. The van der Waals surface area contributed by atoms with Crippen molar-refractivity contribution in [3.05, 3.63) is 60.2 Å². The number of rotatable bonds is 4. The van der Waals surface area contributed by atoms with Crippen molar-refractivity contribution in [2.75, 3.05) is 18.6 Å². The second-order valence-electron chi connectivity index (χ2n) is 5.44. The summed E-state index contributed by atoms with van der Waals surface area (Å²) in [5.41, 5.74) is 1.41. The van der Waals surface area contributed by atoms with E-state index >= 15 is 0 Å². The smallest absolute Gasteiger partial charge is 0.251 e. The Morgan fingerprint density at radius 1 is 1.13 bits per heavy atom. The molecule has 23 heavy (non-hydrogen) atoms. The molecule has 0 spiro atoms. The van der Waals surface area contributed by atoms with Gasteiger partial charge in [0.2, 0.25) is 5.91 Å². The van der Waals surface area contributed by atoms with Crippen LogP contribution in [0.15, 0.2) is 54.6 Å². The number of carbonyl (C=O) groups is 2. The van der Waals surface area contributed by atoms with Gasteiger partial charge in [0.25, 0.3) is 5.91 Å². The number of methoxy groups -OCH3 is 1. The van der Waals surface area contributed by atoms with Crippen LogP contribution in [0.25, 0.3) is 0 Å². The molecule has 3 rings (SSSR count). The Kier molecular flexibility index (Phi) is 4.28. The Hall–Kier alpha value is -2.82. The minimum absolute atomic E-state index is 0.00790. The fraction of sp³-hybridized carbons (Fsp3) is 0.222. The van der Waals surface area contributed by atoms with E-state index in [-0.39, 0.29) is 17.9 Å². The zero-order chi connectivity index (χ0) is 16.2. The van der Waals surface area contributed by atoms with Gasteiger partial charge < -0.3 is 15.0 Å². The van der Waals surface area contributed by atoms with Crippen LogP contribution in [0, 0.1) is 0 Å². The largest absolute Gasteiger partial charge is 0.497 e. The Balaban J connectivity index is 1.66. The molecule has 1 aliphatic heterocycles. The minimum Gasteiger partial charge on any atom is -0.497 e. The van der Waals surface area contributed by atoms with E-state index in [2.05, 4.69) is 5.32 Å². The van der Waals surface area contributed by atoms with Crippen LogP contribution in [0.5, 0.6) is 5.75 Å². The molecular weight excluding hydrogens is 292 g/mol. The number of hydrogen-bond donors (Lipinski definition) is 1. The predicted molar refractivity (Wildman–Crippen MR) is 87.7 cm³/mol. The van der Waals surface area contributed by atoms with E-state index in [0.29, 0.717) is 18.5 Å². The average Bonchev–Trinajstić information content (AvgIpc) is 2.96. The molecule has 1 fully saturated rings. The van der Waals surface area contributed by atoms with E-state index < -0.39 is 0 Å². The number of benzene rings is 2. The van der Waals surface area contributed by atoms with Crippen LogP contribution in [-0.2, 0) is 4.79 Å². The van der Waals surface area contributed by atoms with Gasteiger partial charge >= 0.3 is 0 Å². The molecule has 118 valence electrons. The first kappa shape index (κ1) is 15.1. The van der Waals surface area contributed by atoms with Gasteiger partial charge in [-0.15, -0.1) is 0 Å². The molecule has 0 aromatic heterocycles. The number of anilines is 1. The number of carbonyl (C=O) groups excluding carboxylic acids is 2. The standard InChI is InChI=1S/C18H18N2O3/c1-23-16-9-7-15(8-10-16)20-12-14(11-17(20)21)19-18(22)13-5-3-2-4-6-13/h2-10,14H,11-12H2,1H3,(H,19,22). The van der Waals surface area contributed by atoms with Crippen molar-refractivity contribution in [3.8, 4) is 5.75 Å². The molecule has 2 aromatic rings. The fourth-order valence-electron chi connectivity index (χ4n) is 2.67. The van der Waals surface area contributed by atoms with Gasteiger partial charge in [0.15, 0.2) is 0 Å². The molecule has 5 heteroatoms. The van der Waals surface area contributed by atoms with Crippen LogP contribution < -0.4 is 15.0 Å². The quantitative estimate of drug-likeness (QED) is 0.942. The molecule has 0 radical (unpaired) electrons. The number of hydrogen-bond acceptors (Lipinski definition) is 3. The second-order valence-corrected chi connectivity index (χ2v) is 5.44. The predicted octanol–water partition coefficient (Wildman–Crippen LogP) is 2.23. The van der Waals surface area contributed by atoms with Crippen LogP contribution in [0.3, 0.4) is 0 Å². The molecule has 0 saturated carbocycles. The molecule has 0 bridgehead atoms. The Morgan fingerprint density at radius 3 is 2.48 bits per heavy atom. The summed E-state index contributed by atoms with van der Waals surface area (Å²) in [4.78, 5) is 26.1. The Labute approximate surface area is 134 Å². The van der Waals surface area contributed by atoms with Gasteiger partial charge in [0.1, 0.15) is 5.75 Å². The fourth-order valence-corrected chi connectivity index (χ4v) is 2.67. The molecule has 2 aromatic carbocycles. The summed E-state index contributed by atoms with van der Waals surface area (Å²) < 4.78 is 5.12. The first-order valence-electron chi connectivity index (χ1n) is 7.47. The van der Waals surface area contributed by atoms with Crippen LogP contribution in [-0.4, -0.2) is 31.5 Å². The monoisotopic (exact) mass is 310 g/mol. The van der Waals surface area contributed by atoms with Crippen molar-refractivity contribution in [3.63, 3.8) is 0 Å². The van der Waals surface area contributed by atoms with Crippen LogP contribution in [0.4, 0.5) is 5.69 Å². The highest BCUT2D eigenvalue weighted by Gasteiger charge is 2.31. The van der Waals surface area contributed by atoms with Gasteiger partial charge in [-0.25, -0.2) is 0 Å². The summed E-state index contributed by atoms with van der Waals surface area (Å²) in [6.45, 7) is 0.476. The minimum atomic E-state index is -0.183. The SMILES string of the molecule is COc1ccc(N2CC(NC(=O)c3ccccc3)CC2=O)cc1. The topological polar surface area (TPSA) is 58.6 Å². The molecule has 1 heterocycles. The van der Waals surface area contributed by atoms with Crippen molar-refractivity contribution in [1.29, 1.82) is 0 Å². The van der Waals surface area contributed by atoms with Crippen molar-refractivity contribution in [2.24, 2.45) is 0 Å².